The lowest BCUT2D eigenvalue weighted by Gasteiger charge is -2.14. The molecule has 0 spiro atoms. The van der Waals surface area contributed by atoms with E-state index in [9.17, 15) is 5.26 Å². The van der Waals surface area contributed by atoms with Gasteiger partial charge in [-0.2, -0.15) is 5.26 Å². The second-order valence-electron chi connectivity index (χ2n) is 4.11. The van der Waals surface area contributed by atoms with E-state index < -0.39 is 6.04 Å². The van der Waals surface area contributed by atoms with Crippen LogP contribution in [-0.2, 0) is 0 Å². The van der Waals surface area contributed by atoms with Crippen molar-refractivity contribution < 1.29 is 4.74 Å². The Kier molecular flexibility index (Phi) is 4.89. The molecule has 102 valence electrons. The highest BCUT2D eigenvalue weighted by atomic mass is 79.9. The van der Waals surface area contributed by atoms with Crippen molar-refractivity contribution in [3.8, 4) is 11.8 Å². The van der Waals surface area contributed by atoms with Gasteiger partial charge in [0.2, 0.25) is 0 Å². The number of nitrogens with one attached hydrogen (secondary N) is 1. The van der Waals surface area contributed by atoms with Crippen LogP contribution in [0, 0.1) is 11.3 Å². The maximum absolute atomic E-state index is 9.32. The van der Waals surface area contributed by atoms with Crippen LogP contribution < -0.4 is 10.1 Å². The molecule has 0 radical (unpaired) electrons. The summed E-state index contributed by atoms with van der Waals surface area (Å²) in [6, 6.07) is 14.7. The molecule has 5 heteroatoms. The quantitative estimate of drug-likeness (QED) is 0.861. The van der Waals surface area contributed by atoms with Gasteiger partial charge in [0, 0.05) is 10.2 Å². The van der Waals surface area contributed by atoms with Gasteiger partial charge in [-0.1, -0.05) is 33.6 Å². The van der Waals surface area contributed by atoms with Gasteiger partial charge in [-0.3, -0.25) is 0 Å². The standard InChI is InChI=1S/C15H12BrClN2O/c1-20-15-7-2-10(8-13(15)17)14(9-18)19-12-5-3-11(16)4-6-12/h2-8,14,19H,1H3. The Morgan fingerprint density at radius 2 is 1.95 bits per heavy atom. The van der Waals surface area contributed by atoms with Gasteiger partial charge in [-0.25, -0.2) is 0 Å². The van der Waals surface area contributed by atoms with E-state index in [1.807, 2.05) is 30.3 Å². The summed E-state index contributed by atoms with van der Waals surface area (Å²) >= 11 is 9.46. The van der Waals surface area contributed by atoms with E-state index in [2.05, 4.69) is 27.3 Å². The number of nitriles is 1. The first-order valence-electron chi connectivity index (χ1n) is 5.89. The fraction of sp³-hybridized carbons (Fsp3) is 0.133. The molecule has 20 heavy (non-hydrogen) atoms. The lowest BCUT2D eigenvalue weighted by atomic mass is 10.1. The zero-order valence-electron chi connectivity index (χ0n) is 10.7. The minimum Gasteiger partial charge on any atom is -0.495 e. The predicted molar refractivity (Wildman–Crippen MR) is 84.1 cm³/mol. The highest BCUT2D eigenvalue weighted by Crippen LogP contribution is 2.29. The Balaban J connectivity index is 2.22. The van der Waals surface area contributed by atoms with Crippen LogP contribution in [0.2, 0.25) is 5.02 Å². The Hall–Kier alpha value is -1.70. The van der Waals surface area contributed by atoms with Crippen molar-refractivity contribution in [1.29, 1.82) is 5.26 Å². The molecule has 0 aliphatic carbocycles. The fourth-order valence-electron chi connectivity index (χ4n) is 1.77. The van der Waals surface area contributed by atoms with Gasteiger partial charge in [-0.05, 0) is 42.0 Å². The molecule has 1 N–H and O–H groups in total. The van der Waals surface area contributed by atoms with Gasteiger partial charge < -0.3 is 10.1 Å². The fourth-order valence-corrected chi connectivity index (χ4v) is 2.30. The van der Waals surface area contributed by atoms with Crippen molar-refractivity contribution >= 4 is 33.2 Å². The molecule has 2 aromatic rings. The van der Waals surface area contributed by atoms with Crippen LogP contribution in [0.25, 0.3) is 0 Å². The Bertz CT molecular complexity index is 637. The lowest BCUT2D eigenvalue weighted by molar-refractivity contribution is 0.415. The Labute approximate surface area is 131 Å². The molecule has 1 unspecified atom stereocenters. The molecule has 0 aromatic heterocycles. The molecule has 0 aliphatic rings. The average Bonchev–Trinajstić information content (AvgIpc) is 2.46. The number of hydrogen-bond donors (Lipinski definition) is 1. The molecule has 0 saturated carbocycles. The van der Waals surface area contributed by atoms with Crippen LogP contribution in [0.15, 0.2) is 46.9 Å². The SMILES string of the molecule is COc1ccc(C(C#N)Nc2ccc(Br)cc2)cc1Cl. The lowest BCUT2D eigenvalue weighted by Crippen LogP contribution is -2.08. The van der Waals surface area contributed by atoms with Crippen LogP contribution in [-0.4, -0.2) is 7.11 Å². The largest absolute Gasteiger partial charge is 0.495 e. The molecule has 3 nitrogen and oxygen atoms in total. The van der Waals surface area contributed by atoms with E-state index in [-0.39, 0.29) is 0 Å². The molecule has 2 aromatic carbocycles. The highest BCUT2D eigenvalue weighted by Gasteiger charge is 2.12. The Morgan fingerprint density at radius 3 is 2.50 bits per heavy atom. The number of nitrogens with zero attached hydrogens (tertiary/aromatic N) is 1. The predicted octanol–water partition coefficient (Wildman–Crippen LogP) is 4.79. The molecule has 0 fully saturated rings. The second-order valence-corrected chi connectivity index (χ2v) is 5.43. The van der Waals surface area contributed by atoms with Crippen molar-refractivity contribution in [2.45, 2.75) is 6.04 Å². The first-order chi connectivity index (χ1) is 9.63. The van der Waals surface area contributed by atoms with Crippen LogP contribution in [0.4, 0.5) is 5.69 Å². The third-order valence-corrected chi connectivity index (χ3v) is 3.62. The zero-order valence-corrected chi connectivity index (χ0v) is 13.1. The van der Waals surface area contributed by atoms with E-state index in [4.69, 9.17) is 16.3 Å². The first-order valence-corrected chi connectivity index (χ1v) is 7.06. The summed E-state index contributed by atoms with van der Waals surface area (Å²) in [5, 5.41) is 13.0. The molecule has 2 rings (SSSR count). The molecular formula is C15H12BrClN2O. The smallest absolute Gasteiger partial charge is 0.140 e. The summed E-state index contributed by atoms with van der Waals surface area (Å²) in [7, 11) is 1.56. The number of hydrogen-bond acceptors (Lipinski definition) is 3. The van der Waals surface area contributed by atoms with Gasteiger partial charge >= 0.3 is 0 Å². The summed E-state index contributed by atoms with van der Waals surface area (Å²) < 4.78 is 6.09. The summed E-state index contributed by atoms with van der Waals surface area (Å²) in [6.45, 7) is 0. The Morgan fingerprint density at radius 1 is 1.25 bits per heavy atom. The number of anilines is 1. The van der Waals surface area contributed by atoms with Crippen LogP contribution in [0.1, 0.15) is 11.6 Å². The van der Waals surface area contributed by atoms with Gasteiger partial charge in [0.15, 0.2) is 0 Å². The zero-order chi connectivity index (χ0) is 14.5. The molecule has 0 aliphatic heterocycles. The normalized spacial score (nSPS) is 11.5. The monoisotopic (exact) mass is 350 g/mol. The minimum absolute atomic E-state index is 0.473. The maximum Gasteiger partial charge on any atom is 0.140 e. The molecule has 0 heterocycles. The van der Waals surface area contributed by atoms with Crippen molar-refractivity contribution in [3.05, 3.63) is 57.5 Å². The van der Waals surface area contributed by atoms with E-state index in [1.54, 1.807) is 19.2 Å². The summed E-state index contributed by atoms with van der Waals surface area (Å²) in [5.41, 5.74) is 1.66. The molecule has 0 saturated heterocycles. The van der Waals surface area contributed by atoms with Crippen LogP contribution in [0.5, 0.6) is 5.75 Å². The maximum atomic E-state index is 9.32. The summed E-state index contributed by atoms with van der Waals surface area (Å²) in [4.78, 5) is 0. The number of ether oxygens (including phenoxy) is 1. The van der Waals surface area contributed by atoms with E-state index in [0.29, 0.717) is 10.8 Å². The number of rotatable bonds is 4. The molecular weight excluding hydrogens is 340 g/mol. The van der Waals surface area contributed by atoms with E-state index >= 15 is 0 Å². The van der Waals surface area contributed by atoms with E-state index in [0.717, 1.165) is 15.7 Å². The topological polar surface area (TPSA) is 45.0 Å². The first kappa shape index (κ1) is 14.7. The third kappa shape index (κ3) is 3.44. The van der Waals surface area contributed by atoms with E-state index in [1.165, 1.54) is 0 Å². The van der Waals surface area contributed by atoms with Crippen molar-refractivity contribution in [2.24, 2.45) is 0 Å². The van der Waals surface area contributed by atoms with Gasteiger partial charge in [0.25, 0.3) is 0 Å². The molecule has 1 atom stereocenters. The van der Waals surface area contributed by atoms with Crippen molar-refractivity contribution in [1.82, 2.24) is 0 Å². The summed E-state index contributed by atoms with van der Waals surface area (Å²) in [5.74, 6) is 0.593. The van der Waals surface area contributed by atoms with Crippen LogP contribution >= 0.6 is 27.5 Å². The second kappa shape index (κ2) is 6.65. The average molecular weight is 352 g/mol. The molecule has 0 bridgehead atoms. The van der Waals surface area contributed by atoms with Crippen molar-refractivity contribution in [2.75, 3.05) is 12.4 Å². The number of methoxy groups -OCH3 is 1. The number of benzene rings is 2. The number of halogens is 2. The van der Waals surface area contributed by atoms with Gasteiger partial charge in [0.05, 0.1) is 18.2 Å². The third-order valence-electron chi connectivity index (χ3n) is 2.79. The highest BCUT2D eigenvalue weighted by molar-refractivity contribution is 9.10. The van der Waals surface area contributed by atoms with Gasteiger partial charge in [0.1, 0.15) is 11.8 Å². The minimum atomic E-state index is -0.473. The van der Waals surface area contributed by atoms with Crippen molar-refractivity contribution in [3.63, 3.8) is 0 Å². The molecule has 0 amide bonds. The summed E-state index contributed by atoms with van der Waals surface area (Å²) in [6.07, 6.45) is 0. The van der Waals surface area contributed by atoms with Crippen LogP contribution in [0.3, 0.4) is 0 Å². The van der Waals surface area contributed by atoms with Gasteiger partial charge in [-0.15, -0.1) is 0 Å².